The van der Waals surface area contributed by atoms with Crippen molar-refractivity contribution in [1.29, 1.82) is 0 Å². The molecule has 4 N–H and O–H groups in total. The van der Waals surface area contributed by atoms with E-state index in [0.29, 0.717) is 27.4 Å². The Morgan fingerprint density at radius 1 is 1.00 bits per heavy atom. The number of hydrogen-bond donors (Lipinski definition) is 2. The van der Waals surface area contributed by atoms with Gasteiger partial charge in [0.15, 0.2) is 0 Å². The Hall–Kier alpha value is -3.29. The predicted octanol–water partition coefficient (Wildman–Crippen LogP) is 3.97. The lowest BCUT2D eigenvalue weighted by Gasteiger charge is -2.16. The number of nitrogens with two attached hydrogens (primary N) is 2. The van der Waals surface area contributed by atoms with Crippen LogP contribution in [0.15, 0.2) is 42.6 Å². The van der Waals surface area contributed by atoms with E-state index in [-0.39, 0.29) is 17.3 Å². The number of nitrogen functional groups attached to an aromatic ring is 2. The standard InChI is InChI=1S/C18H14F3N5/c1-26-7-6-10-14-13(24-17(23)25-16(14)22)8-11(15(10)26)9-4-2-3-5-12(9)18(19,20)21/h2-8H,1H3,(H4,22,23,24,25). The second-order valence-corrected chi connectivity index (χ2v) is 6.02. The van der Waals surface area contributed by atoms with E-state index in [1.165, 1.54) is 12.1 Å². The second kappa shape index (κ2) is 5.35. The van der Waals surface area contributed by atoms with Crippen LogP contribution in [-0.4, -0.2) is 14.5 Å². The van der Waals surface area contributed by atoms with Crippen molar-refractivity contribution in [1.82, 2.24) is 14.5 Å². The van der Waals surface area contributed by atoms with E-state index in [1.54, 1.807) is 36.0 Å². The Balaban J connectivity index is 2.19. The highest BCUT2D eigenvalue weighted by molar-refractivity contribution is 6.15. The van der Waals surface area contributed by atoms with Crippen LogP contribution in [0.2, 0.25) is 0 Å². The molecule has 0 unspecified atom stereocenters. The molecule has 0 radical (unpaired) electrons. The molecule has 4 rings (SSSR count). The summed E-state index contributed by atoms with van der Waals surface area (Å²) in [6.45, 7) is 0. The number of benzene rings is 2. The first-order chi connectivity index (χ1) is 12.3. The maximum absolute atomic E-state index is 13.5. The van der Waals surface area contributed by atoms with E-state index in [2.05, 4.69) is 9.97 Å². The van der Waals surface area contributed by atoms with Crippen molar-refractivity contribution >= 4 is 33.6 Å². The molecule has 0 spiro atoms. The maximum atomic E-state index is 13.5. The summed E-state index contributed by atoms with van der Waals surface area (Å²) in [6.07, 6.45) is -2.72. The minimum atomic E-state index is -4.48. The number of anilines is 2. The molecule has 132 valence electrons. The summed E-state index contributed by atoms with van der Waals surface area (Å²) >= 11 is 0. The average molecular weight is 357 g/mol. The highest BCUT2D eigenvalue weighted by Crippen LogP contribution is 2.42. The first kappa shape index (κ1) is 16.2. The van der Waals surface area contributed by atoms with E-state index in [4.69, 9.17) is 11.5 Å². The van der Waals surface area contributed by atoms with E-state index in [0.717, 1.165) is 6.07 Å². The Morgan fingerprint density at radius 3 is 2.46 bits per heavy atom. The van der Waals surface area contributed by atoms with Crippen molar-refractivity contribution in [3.63, 3.8) is 0 Å². The van der Waals surface area contributed by atoms with Gasteiger partial charge in [0.05, 0.1) is 22.0 Å². The van der Waals surface area contributed by atoms with Gasteiger partial charge in [0.2, 0.25) is 5.95 Å². The fourth-order valence-electron chi connectivity index (χ4n) is 3.34. The SMILES string of the molecule is Cn1ccc2c3c(N)nc(N)nc3cc(-c3ccccc3C(F)(F)F)c21. The normalized spacial score (nSPS) is 12.2. The highest BCUT2D eigenvalue weighted by atomic mass is 19.4. The van der Waals surface area contributed by atoms with Gasteiger partial charge in [0.1, 0.15) is 5.82 Å². The zero-order valence-corrected chi connectivity index (χ0v) is 13.7. The summed E-state index contributed by atoms with van der Waals surface area (Å²) in [7, 11) is 1.77. The van der Waals surface area contributed by atoms with Gasteiger partial charge in [-0.25, -0.2) is 4.98 Å². The number of rotatable bonds is 1. The molecule has 2 heterocycles. The topological polar surface area (TPSA) is 82.8 Å². The van der Waals surface area contributed by atoms with Crippen LogP contribution in [0, 0.1) is 0 Å². The fourth-order valence-corrected chi connectivity index (χ4v) is 3.34. The molecule has 0 amide bonds. The number of hydrogen-bond acceptors (Lipinski definition) is 4. The fraction of sp³-hybridized carbons (Fsp3) is 0.111. The molecule has 0 saturated carbocycles. The number of alkyl halides is 3. The summed E-state index contributed by atoms with van der Waals surface area (Å²) in [5, 5.41) is 1.25. The lowest BCUT2D eigenvalue weighted by atomic mass is 9.95. The van der Waals surface area contributed by atoms with Gasteiger partial charge in [-0.15, -0.1) is 0 Å². The molecule has 5 nitrogen and oxygen atoms in total. The third-order valence-corrected chi connectivity index (χ3v) is 4.38. The molecule has 0 aliphatic heterocycles. The summed E-state index contributed by atoms with van der Waals surface area (Å²) < 4.78 is 42.3. The number of fused-ring (bicyclic) bond motifs is 3. The van der Waals surface area contributed by atoms with E-state index in [9.17, 15) is 13.2 Å². The van der Waals surface area contributed by atoms with Crippen molar-refractivity contribution in [2.45, 2.75) is 6.18 Å². The monoisotopic (exact) mass is 357 g/mol. The molecule has 4 aromatic rings. The molecule has 0 bridgehead atoms. The molecule has 2 aromatic heterocycles. The summed E-state index contributed by atoms with van der Waals surface area (Å²) in [5.41, 5.74) is 12.5. The van der Waals surface area contributed by atoms with Crippen molar-refractivity contribution in [3.8, 4) is 11.1 Å². The van der Waals surface area contributed by atoms with Gasteiger partial charge in [0, 0.05) is 24.2 Å². The largest absolute Gasteiger partial charge is 0.417 e. The van der Waals surface area contributed by atoms with Crippen molar-refractivity contribution in [2.75, 3.05) is 11.5 Å². The van der Waals surface area contributed by atoms with Gasteiger partial charge in [-0.1, -0.05) is 18.2 Å². The van der Waals surface area contributed by atoms with E-state index in [1.807, 2.05) is 0 Å². The van der Waals surface area contributed by atoms with Gasteiger partial charge in [0.25, 0.3) is 0 Å². The molecule has 8 heteroatoms. The molecule has 0 saturated heterocycles. The second-order valence-electron chi connectivity index (χ2n) is 6.02. The average Bonchev–Trinajstić information content (AvgIpc) is 2.94. The molecule has 0 aliphatic carbocycles. The molecule has 2 aromatic carbocycles. The van der Waals surface area contributed by atoms with Crippen LogP contribution in [0.3, 0.4) is 0 Å². The van der Waals surface area contributed by atoms with Gasteiger partial charge in [-0.3, -0.25) is 0 Å². The van der Waals surface area contributed by atoms with E-state index < -0.39 is 11.7 Å². The molecular weight excluding hydrogens is 343 g/mol. The van der Waals surface area contributed by atoms with Crippen LogP contribution in [0.5, 0.6) is 0 Å². The molecule has 0 fully saturated rings. The minimum Gasteiger partial charge on any atom is -0.383 e. The zero-order valence-electron chi connectivity index (χ0n) is 13.7. The van der Waals surface area contributed by atoms with Crippen LogP contribution in [0.25, 0.3) is 32.9 Å². The minimum absolute atomic E-state index is 0.0275. The van der Waals surface area contributed by atoms with Crippen LogP contribution < -0.4 is 11.5 Å². The Bertz CT molecular complexity index is 1160. The Labute approximate surface area is 146 Å². The number of aromatic nitrogens is 3. The predicted molar refractivity (Wildman–Crippen MR) is 95.3 cm³/mol. The van der Waals surface area contributed by atoms with Crippen LogP contribution in [-0.2, 0) is 13.2 Å². The van der Waals surface area contributed by atoms with Gasteiger partial charge < -0.3 is 16.0 Å². The highest BCUT2D eigenvalue weighted by Gasteiger charge is 2.34. The molecule has 26 heavy (non-hydrogen) atoms. The smallest absolute Gasteiger partial charge is 0.383 e. The molecule has 0 atom stereocenters. The third-order valence-electron chi connectivity index (χ3n) is 4.38. The summed E-state index contributed by atoms with van der Waals surface area (Å²) in [4.78, 5) is 8.15. The van der Waals surface area contributed by atoms with Crippen molar-refractivity contribution in [2.24, 2.45) is 7.05 Å². The Kier molecular flexibility index (Phi) is 3.33. The first-order valence-electron chi connectivity index (χ1n) is 7.74. The lowest BCUT2D eigenvalue weighted by molar-refractivity contribution is -0.137. The number of halogens is 3. The Morgan fingerprint density at radius 2 is 1.73 bits per heavy atom. The van der Waals surface area contributed by atoms with Crippen LogP contribution >= 0.6 is 0 Å². The third kappa shape index (κ3) is 2.33. The summed E-state index contributed by atoms with van der Waals surface area (Å²) in [6, 6.07) is 8.82. The number of aryl methyl sites for hydroxylation is 1. The van der Waals surface area contributed by atoms with E-state index >= 15 is 0 Å². The van der Waals surface area contributed by atoms with Crippen molar-refractivity contribution in [3.05, 3.63) is 48.2 Å². The van der Waals surface area contributed by atoms with Crippen molar-refractivity contribution < 1.29 is 13.2 Å². The van der Waals surface area contributed by atoms with Crippen LogP contribution in [0.4, 0.5) is 24.9 Å². The molecular formula is C18H14F3N5. The van der Waals surface area contributed by atoms with Gasteiger partial charge in [-0.2, -0.15) is 18.2 Å². The number of nitrogens with zero attached hydrogens (tertiary/aromatic N) is 3. The zero-order chi connectivity index (χ0) is 18.6. The van der Waals surface area contributed by atoms with Crippen LogP contribution in [0.1, 0.15) is 5.56 Å². The quantitative estimate of drug-likeness (QED) is 0.540. The maximum Gasteiger partial charge on any atom is 0.417 e. The molecule has 0 aliphatic rings. The van der Waals surface area contributed by atoms with Gasteiger partial charge >= 0.3 is 6.18 Å². The van der Waals surface area contributed by atoms with Gasteiger partial charge in [-0.05, 0) is 23.8 Å². The summed E-state index contributed by atoms with van der Waals surface area (Å²) in [5.74, 6) is 0.166. The lowest BCUT2D eigenvalue weighted by Crippen LogP contribution is -2.07. The first-order valence-corrected chi connectivity index (χ1v) is 7.74.